The van der Waals surface area contributed by atoms with E-state index in [2.05, 4.69) is 15.2 Å². The van der Waals surface area contributed by atoms with Crippen LogP contribution in [-0.2, 0) is 14.3 Å². The van der Waals surface area contributed by atoms with Gasteiger partial charge in [0, 0.05) is 55.5 Å². The highest BCUT2D eigenvalue weighted by Crippen LogP contribution is 2.72. The summed E-state index contributed by atoms with van der Waals surface area (Å²) in [7, 11) is 0. The van der Waals surface area contributed by atoms with Gasteiger partial charge in [0.1, 0.15) is 11.9 Å². The minimum Gasteiger partial charge on any atom is -0.481 e. The van der Waals surface area contributed by atoms with Crippen molar-refractivity contribution in [1.82, 2.24) is 25.0 Å². The number of carbonyl (C=O) groups excluding carboxylic acids is 2. The Morgan fingerprint density at radius 2 is 2.02 bits per heavy atom. The van der Waals surface area contributed by atoms with E-state index < -0.39 is 18.0 Å². The number of urea groups is 1. The van der Waals surface area contributed by atoms with Crippen LogP contribution >= 0.6 is 11.3 Å². The largest absolute Gasteiger partial charge is 0.481 e. The molecule has 2 aromatic rings. The minimum absolute atomic E-state index is 0.00991. The molecule has 2 amide bonds. The Hall–Kier alpha value is -3.84. The van der Waals surface area contributed by atoms with Crippen LogP contribution in [-0.4, -0.2) is 99.5 Å². The first-order valence-corrected chi connectivity index (χ1v) is 15.9. The van der Waals surface area contributed by atoms with Crippen molar-refractivity contribution in [2.75, 3.05) is 39.3 Å². The van der Waals surface area contributed by atoms with E-state index in [1.165, 1.54) is 17.4 Å². The van der Waals surface area contributed by atoms with Gasteiger partial charge in [0.15, 0.2) is 10.8 Å². The van der Waals surface area contributed by atoms with E-state index in [1.54, 1.807) is 32.2 Å². The molecule has 2 atom stereocenters. The number of nitrogens with one attached hydrogen (secondary N) is 1. The number of benzene rings is 1. The predicted molar refractivity (Wildman–Crippen MR) is 160 cm³/mol. The molecule has 1 aromatic heterocycles. The highest BCUT2D eigenvalue weighted by Gasteiger charge is 2.72. The Kier molecular flexibility index (Phi) is 7.00. The maximum atomic E-state index is 14.8. The summed E-state index contributed by atoms with van der Waals surface area (Å²) in [5, 5.41) is 15.2. The highest BCUT2D eigenvalue weighted by molar-refractivity contribution is 7.11. The molecule has 2 saturated heterocycles. The zero-order valence-corrected chi connectivity index (χ0v) is 25.5. The van der Waals surface area contributed by atoms with Crippen LogP contribution in [0.3, 0.4) is 0 Å². The molecular formula is C31H35FN6O5S. The maximum absolute atomic E-state index is 14.8. The number of nitrogens with zero attached hydrogens (tertiary/aromatic N) is 5. The standard InChI is InChI=1S/C31H35FN6O5S/c1-3-43-28(41)24-22(34-26(27-33-7-10-44-27)35-25(24)20-5-4-6-21(32)18(20)2)14-36-8-9-37-19(12-36)13-38(29(37)42)31-15-30(16-31,17-31)11-23(39)40/h4-7,10,19,25H,3,8-9,11-17H2,1-2H3,(H,34,35)(H,39,40). The number of hydrogen-bond donors (Lipinski definition) is 2. The van der Waals surface area contributed by atoms with Crippen LogP contribution in [0.4, 0.5) is 9.18 Å². The topological polar surface area (TPSA) is 128 Å². The number of carboxylic acid groups (broad SMARTS) is 1. The Bertz CT molecular complexity index is 1570. The van der Waals surface area contributed by atoms with Gasteiger partial charge in [-0.3, -0.25) is 14.7 Å². The van der Waals surface area contributed by atoms with E-state index >= 15 is 0 Å². The van der Waals surface area contributed by atoms with Crippen molar-refractivity contribution in [1.29, 1.82) is 0 Å². The van der Waals surface area contributed by atoms with Gasteiger partial charge in [0.25, 0.3) is 0 Å². The molecule has 11 nitrogen and oxygen atoms in total. The summed E-state index contributed by atoms with van der Waals surface area (Å²) in [6.45, 7) is 6.39. The number of amidine groups is 1. The van der Waals surface area contributed by atoms with Gasteiger partial charge >= 0.3 is 18.0 Å². The first kappa shape index (κ1) is 28.9. The van der Waals surface area contributed by atoms with Gasteiger partial charge in [-0.25, -0.2) is 19.0 Å². The Morgan fingerprint density at radius 3 is 2.73 bits per heavy atom. The number of rotatable bonds is 9. The number of thiazole rings is 1. The number of esters is 1. The Labute approximate surface area is 258 Å². The van der Waals surface area contributed by atoms with Crippen molar-refractivity contribution in [3.8, 4) is 0 Å². The molecule has 232 valence electrons. The van der Waals surface area contributed by atoms with E-state index in [9.17, 15) is 23.9 Å². The molecule has 0 spiro atoms. The van der Waals surface area contributed by atoms with Crippen LogP contribution in [0.15, 0.2) is 46.0 Å². The maximum Gasteiger partial charge on any atom is 0.338 e. The quantitative estimate of drug-likeness (QED) is 0.408. The average molecular weight is 623 g/mol. The smallest absolute Gasteiger partial charge is 0.338 e. The number of carbonyl (C=O) groups is 3. The number of amides is 2. The third-order valence-corrected chi connectivity index (χ3v) is 10.7. The molecule has 1 aromatic carbocycles. The fourth-order valence-electron chi connectivity index (χ4n) is 8.03. The van der Waals surface area contributed by atoms with Crippen LogP contribution < -0.4 is 5.32 Å². The van der Waals surface area contributed by atoms with Crippen LogP contribution in [0.2, 0.25) is 0 Å². The third-order valence-electron chi connectivity index (χ3n) is 9.89. The number of fused-ring (bicyclic) bond motifs is 1. The summed E-state index contributed by atoms with van der Waals surface area (Å²) in [6, 6.07) is 4.05. The van der Waals surface area contributed by atoms with Crippen LogP contribution in [0, 0.1) is 18.2 Å². The summed E-state index contributed by atoms with van der Waals surface area (Å²) < 4.78 is 20.3. The van der Waals surface area contributed by atoms with E-state index in [1.807, 2.05) is 15.2 Å². The molecule has 3 aliphatic carbocycles. The molecule has 0 radical (unpaired) electrons. The first-order chi connectivity index (χ1) is 21.1. The van der Waals surface area contributed by atoms with E-state index in [-0.39, 0.29) is 41.9 Å². The molecule has 3 saturated carbocycles. The van der Waals surface area contributed by atoms with E-state index in [4.69, 9.17) is 9.73 Å². The lowest BCUT2D eigenvalue weighted by Gasteiger charge is -2.73. The summed E-state index contributed by atoms with van der Waals surface area (Å²) >= 11 is 1.42. The molecule has 44 heavy (non-hydrogen) atoms. The van der Waals surface area contributed by atoms with Crippen molar-refractivity contribution in [2.45, 2.75) is 57.2 Å². The fraction of sp³-hybridized carbons (Fsp3) is 0.516. The number of piperazine rings is 1. The molecule has 2 unspecified atom stereocenters. The van der Waals surface area contributed by atoms with Crippen molar-refractivity contribution in [3.63, 3.8) is 0 Å². The number of aliphatic carboxylic acids is 1. The number of carboxylic acids is 1. The number of hydrogen-bond acceptors (Lipinski definition) is 9. The molecule has 13 heteroatoms. The van der Waals surface area contributed by atoms with Gasteiger partial charge in [0.2, 0.25) is 0 Å². The van der Waals surface area contributed by atoms with Crippen LogP contribution in [0.25, 0.3) is 0 Å². The second kappa shape index (κ2) is 10.7. The molecule has 6 aliphatic rings. The minimum atomic E-state index is -0.785. The fourth-order valence-corrected chi connectivity index (χ4v) is 8.62. The number of ether oxygens (including phenoxy) is 1. The number of aromatic nitrogens is 1. The van der Waals surface area contributed by atoms with Gasteiger partial charge in [-0.15, -0.1) is 11.3 Å². The number of aliphatic imine (C=N–C) groups is 1. The monoisotopic (exact) mass is 622 g/mol. The van der Waals surface area contributed by atoms with Gasteiger partial charge in [-0.1, -0.05) is 12.1 Å². The van der Waals surface area contributed by atoms with Crippen molar-refractivity contribution in [3.05, 3.63) is 63.0 Å². The summed E-state index contributed by atoms with van der Waals surface area (Å²) in [4.78, 5) is 53.7. The molecule has 2 bridgehead atoms. The molecule has 3 aliphatic heterocycles. The van der Waals surface area contributed by atoms with Gasteiger partial charge < -0.3 is 25.0 Å². The number of halogens is 1. The molecule has 8 rings (SSSR count). The van der Waals surface area contributed by atoms with Gasteiger partial charge in [-0.2, -0.15) is 0 Å². The zero-order valence-electron chi connectivity index (χ0n) is 24.7. The van der Waals surface area contributed by atoms with Crippen LogP contribution in [0.5, 0.6) is 0 Å². The van der Waals surface area contributed by atoms with E-state index in [0.717, 1.165) is 19.3 Å². The van der Waals surface area contributed by atoms with Gasteiger partial charge in [-0.05, 0) is 55.7 Å². The lowest BCUT2D eigenvalue weighted by atomic mass is 9.38. The van der Waals surface area contributed by atoms with Crippen molar-refractivity contribution >= 4 is 35.1 Å². The van der Waals surface area contributed by atoms with Crippen molar-refractivity contribution in [2.24, 2.45) is 10.4 Å². The van der Waals surface area contributed by atoms with E-state index in [0.29, 0.717) is 66.0 Å². The second-order valence-electron chi connectivity index (χ2n) is 12.7. The summed E-state index contributed by atoms with van der Waals surface area (Å²) in [5.74, 6) is -1.15. The Morgan fingerprint density at radius 1 is 1.23 bits per heavy atom. The van der Waals surface area contributed by atoms with Gasteiger partial charge in [0.05, 0.1) is 24.6 Å². The molecule has 2 N–H and O–H groups in total. The zero-order chi connectivity index (χ0) is 30.8. The molecule has 5 fully saturated rings. The second-order valence-corrected chi connectivity index (χ2v) is 13.6. The molecule has 4 heterocycles. The van der Waals surface area contributed by atoms with Crippen molar-refractivity contribution < 1.29 is 28.6 Å². The third kappa shape index (κ3) is 4.68. The Balaban J connectivity index is 1.15. The highest BCUT2D eigenvalue weighted by atomic mass is 32.1. The predicted octanol–water partition coefficient (Wildman–Crippen LogP) is 3.32. The average Bonchev–Trinajstić information content (AvgIpc) is 3.60. The lowest BCUT2D eigenvalue weighted by Crippen LogP contribution is -2.75. The first-order valence-electron chi connectivity index (χ1n) is 15.0. The SMILES string of the molecule is CCOC(=O)C1=C(CN2CCN3C(=O)N(C45CC(CC(=O)O)(C4)C5)CC3C2)NC(c2nccs2)=NC1c1cccc(F)c1C. The summed E-state index contributed by atoms with van der Waals surface area (Å²) in [6.07, 6.45) is 4.16. The lowest BCUT2D eigenvalue weighted by molar-refractivity contribution is -0.208. The van der Waals surface area contributed by atoms with Crippen LogP contribution in [0.1, 0.15) is 54.8 Å². The molecular weight excluding hydrogens is 587 g/mol. The normalized spacial score (nSPS) is 29.4. The summed E-state index contributed by atoms with van der Waals surface area (Å²) in [5.41, 5.74) is 1.62.